The zero-order valence-corrected chi connectivity index (χ0v) is 11.6. The van der Waals surface area contributed by atoms with Gasteiger partial charge in [-0.25, -0.2) is 9.50 Å². The van der Waals surface area contributed by atoms with E-state index >= 15 is 0 Å². The highest BCUT2D eigenvalue weighted by Crippen LogP contribution is 2.38. The number of carboxylic acids is 1. The lowest BCUT2D eigenvalue weighted by Gasteiger charge is -2.18. The molecule has 0 radical (unpaired) electrons. The summed E-state index contributed by atoms with van der Waals surface area (Å²) in [6, 6.07) is 1.61. The number of hydrogen-bond acceptors (Lipinski definition) is 4. The molecule has 7 nitrogen and oxygen atoms in total. The maximum Gasteiger partial charge on any atom is 0.309 e. The van der Waals surface area contributed by atoms with Crippen LogP contribution >= 0.6 is 0 Å². The fourth-order valence-electron chi connectivity index (χ4n) is 2.81. The van der Waals surface area contributed by atoms with Crippen molar-refractivity contribution >= 4 is 17.5 Å². The fraction of sp³-hybridized carbons (Fsp3) is 0.429. The van der Waals surface area contributed by atoms with Crippen molar-refractivity contribution < 1.29 is 14.7 Å². The molecule has 1 amide bonds. The first-order chi connectivity index (χ1) is 9.99. The van der Waals surface area contributed by atoms with Crippen molar-refractivity contribution in [1.29, 1.82) is 0 Å². The number of carboxylic acid groups (broad SMARTS) is 1. The summed E-state index contributed by atoms with van der Waals surface area (Å²) >= 11 is 0. The molecule has 7 heteroatoms. The predicted octanol–water partition coefficient (Wildman–Crippen LogP) is 1.10. The number of rotatable bonds is 3. The van der Waals surface area contributed by atoms with Gasteiger partial charge in [0.1, 0.15) is 5.56 Å². The average molecular weight is 288 g/mol. The summed E-state index contributed by atoms with van der Waals surface area (Å²) in [5.74, 6) is -1.07. The Bertz CT molecular complexity index is 711. The van der Waals surface area contributed by atoms with Gasteiger partial charge in [-0.2, -0.15) is 5.10 Å². The van der Waals surface area contributed by atoms with Crippen LogP contribution in [-0.2, 0) is 4.79 Å². The number of amides is 1. The lowest BCUT2D eigenvalue weighted by Crippen LogP contribution is -2.35. The second kappa shape index (κ2) is 4.83. The van der Waals surface area contributed by atoms with Crippen LogP contribution in [-0.4, -0.2) is 37.6 Å². The van der Waals surface area contributed by atoms with Crippen LogP contribution in [0, 0.1) is 5.41 Å². The zero-order chi connectivity index (χ0) is 15.0. The molecular formula is C14H16N4O3. The van der Waals surface area contributed by atoms with E-state index in [0.717, 1.165) is 0 Å². The van der Waals surface area contributed by atoms with E-state index in [2.05, 4.69) is 15.4 Å². The first-order valence-corrected chi connectivity index (χ1v) is 6.82. The second-order valence-corrected chi connectivity index (χ2v) is 5.73. The summed E-state index contributed by atoms with van der Waals surface area (Å²) in [6.45, 7) is 1.72. The van der Waals surface area contributed by atoms with E-state index in [-0.39, 0.29) is 11.9 Å². The first kappa shape index (κ1) is 13.5. The quantitative estimate of drug-likeness (QED) is 0.881. The monoisotopic (exact) mass is 288 g/mol. The summed E-state index contributed by atoms with van der Waals surface area (Å²) in [6.07, 6.45) is 6.48. The van der Waals surface area contributed by atoms with E-state index in [1.54, 1.807) is 25.4 Å². The van der Waals surface area contributed by atoms with Crippen molar-refractivity contribution in [1.82, 2.24) is 19.9 Å². The van der Waals surface area contributed by atoms with Crippen LogP contribution in [0.5, 0.6) is 0 Å². The number of aromatic nitrogens is 3. The molecule has 2 N–H and O–H groups in total. The molecular weight excluding hydrogens is 272 g/mol. The molecule has 2 unspecified atom stereocenters. The van der Waals surface area contributed by atoms with Gasteiger partial charge in [-0.1, -0.05) is 0 Å². The molecule has 2 aromatic heterocycles. The van der Waals surface area contributed by atoms with Crippen LogP contribution < -0.4 is 5.32 Å². The van der Waals surface area contributed by atoms with Crippen LogP contribution in [0.25, 0.3) is 5.65 Å². The summed E-state index contributed by atoms with van der Waals surface area (Å²) in [4.78, 5) is 27.7. The maximum atomic E-state index is 12.3. The molecule has 0 saturated heterocycles. The van der Waals surface area contributed by atoms with E-state index in [4.69, 9.17) is 0 Å². The van der Waals surface area contributed by atoms with Crippen molar-refractivity contribution in [2.24, 2.45) is 5.41 Å². The number of nitrogens with one attached hydrogen (secondary N) is 1. The molecule has 0 spiro atoms. The molecule has 1 saturated carbocycles. The highest BCUT2D eigenvalue weighted by atomic mass is 16.4. The molecule has 0 bridgehead atoms. The van der Waals surface area contributed by atoms with Gasteiger partial charge in [0.15, 0.2) is 5.65 Å². The lowest BCUT2D eigenvalue weighted by molar-refractivity contribution is -0.147. The molecule has 110 valence electrons. The van der Waals surface area contributed by atoms with E-state index in [1.807, 2.05) is 0 Å². The molecule has 2 aromatic rings. The smallest absolute Gasteiger partial charge is 0.309 e. The molecule has 1 aliphatic rings. The number of hydrogen-bond donors (Lipinski definition) is 2. The number of carbonyl (C=O) groups is 2. The van der Waals surface area contributed by atoms with Gasteiger partial charge in [0.2, 0.25) is 0 Å². The van der Waals surface area contributed by atoms with Gasteiger partial charge >= 0.3 is 5.97 Å². The summed E-state index contributed by atoms with van der Waals surface area (Å²) < 4.78 is 1.53. The summed E-state index contributed by atoms with van der Waals surface area (Å²) in [5, 5.41) is 16.2. The fourth-order valence-corrected chi connectivity index (χ4v) is 2.81. The van der Waals surface area contributed by atoms with Gasteiger partial charge in [-0.05, 0) is 32.3 Å². The highest BCUT2D eigenvalue weighted by molar-refractivity contribution is 5.99. The molecule has 0 aromatic carbocycles. The van der Waals surface area contributed by atoms with Gasteiger partial charge < -0.3 is 10.4 Å². The molecule has 2 atom stereocenters. The van der Waals surface area contributed by atoms with Crippen molar-refractivity contribution in [3.8, 4) is 0 Å². The Kier molecular flexibility index (Phi) is 3.12. The first-order valence-electron chi connectivity index (χ1n) is 6.82. The minimum Gasteiger partial charge on any atom is -0.481 e. The van der Waals surface area contributed by atoms with Gasteiger partial charge in [0, 0.05) is 18.4 Å². The van der Waals surface area contributed by atoms with Crippen LogP contribution in [0.2, 0.25) is 0 Å². The minimum atomic E-state index is -0.808. The zero-order valence-electron chi connectivity index (χ0n) is 11.6. The van der Waals surface area contributed by atoms with Crippen molar-refractivity contribution in [2.75, 3.05) is 0 Å². The van der Waals surface area contributed by atoms with Crippen molar-refractivity contribution in [2.45, 2.75) is 32.2 Å². The molecule has 3 rings (SSSR count). The Morgan fingerprint density at radius 2 is 2.33 bits per heavy atom. The molecule has 1 aliphatic carbocycles. The van der Waals surface area contributed by atoms with Gasteiger partial charge in [-0.3, -0.25) is 9.59 Å². The SMILES string of the molecule is CC1(C(=O)O)CCC(NC(=O)c2cnn3cccnc23)C1. The Balaban J connectivity index is 1.74. The molecule has 0 aliphatic heterocycles. The Morgan fingerprint density at radius 3 is 3.05 bits per heavy atom. The van der Waals surface area contributed by atoms with Gasteiger partial charge in [0.25, 0.3) is 5.91 Å². The van der Waals surface area contributed by atoms with E-state index in [0.29, 0.717) is 30.5 Å². The average Bonchev–Trinajstić information content (AvgIpc) is 3.03. The van der Waals surface area contributed by atoms with E-state index in [9.17, 15) is 14.7 Å². The second-order valence-electron chi connectivity index (χ2n) is 5.73. The van der Waals surface area contributed by atoms with E-state index < -0.39 is 11.4 Å². The van der Waals surface area contributed by atoms with Gasteiger partial charge in [0.05, 0.1) is 11.6 Å². The third-order valence-corrected chi connectivity index (χ3v) is 4.12. The van der Waals surface area contributed by atoms with E-state index in [1.165, 1.54) is 10.7 Å². The molecule has 1 fully saturated rings. The Hall–Kier alpha value is -2.44. The standard InChI is InChI=1S/C14H16N4O3/c1-14(13(20)21)4-3-9(7-14)17-12(19)10-8-16-18-6-2-5-15-11(10)18/h2,5-6,8-9H,3-4,7H2,1H3,(H,17,19)(H,20,21). The maximum absolute atomic E-state index is 12.3. The Morgan fingerprint density at radius 1 is 1.52 bits per heavy atom. The van der Waals surface area contributed by atoms with Crippen LogP contribution in [0.4, 0.5) is 0 Å². The normalized spacial score (nSPS) is 25.1. The van der Waals surface area contributed by atoms with Crippen LogP contribution in [0.15, 0.2) is 24.7 Å². The number of fused-ring (bicyclic) bond motifs is 1. The third kappa shape index (κ3) is 2.35. The predicted molar refractivity (Wildman–Crippen MR) is 73.8 cm³/mol. The summed E-state index contributed by atoms with van der Waals surface area (Å²) in [7, 11) is 0. The number of carbonyl (C=O) groups excluding carboxylic acids is 1. The number of aliphatic carboxylic acids is 1. The van der Waals surface area contributed by atoms with Crippen LogP contribution in [0.1, 0.15) is 36.5 Å². The van der Waals surface area contributed by atoms with Crippen molar-refractivity contribution in [3.05, 3.63) is 30.2 Å². The minimum absolute atomic E-state index is 0.128. The largest absolute Gasteiger partial charge is 0.481 e. The highest BCUT2D eigenvalue weighted by Gasteiger charge is 2.41. The van der Waals surface area contributed by atoms with Crippen molar-refractivity contribution in [3.63, 3.8) is 0 Å². The topological polar surface area (TPSA) is 96.6 Å². The molecule has 21 heavy (non-hydrogen) atoms. The third-order valence-electron chi connectivity index (χ3n) is 4.12. The van der Waals surface area contributed by atoms with Gasteiger partial charge in [-0.15, -0.1) is 0 Å². The molecule has 2 heterocycles. The number of nitrogens with zero attached hydrogens (tertiary/aromatic N) is 3. The Labute approximate surface area is 121 Å². The summed E-state index contributed by atoms with van der Waals surface area (Å²) in [5.41, 5.74) is 0.144. The van der Waals surface area contributed by atoms with Crippen LogP contribution in [0.3, 0.4) is 0 Å². The lowest BCUT2D eigenvalue weighted by atomic mass is 9.89.